The molecule has 0 radical (unpaired) electrons. The molecule has 2 aromatic carbocycles. The molecule has 0 aliphatic heterocycles. The maximum atomic E-state index is 12.6. The summed E-state index contributed by atoms with van der Waals surface area (Å²) in [6.07, 6.45) is 2.36. The van der Waals surface area contributed by atoms with Crippen LogP contribution in [-0.4, -0.2) is 31.1 Å². The summed E-state index contributed by atoms with van der Waals surface area (Å²) in [7, 11) is -3.65. The van der Waals surface area contributed by atoms with E-state index in [1.165, 1.54) is 29.0 Å². The van der Waals surface area contributed by atoms with Crippen LogP contribution in [0.15, 0.2) is 59.5 Å². The normalized spacial score (nSPS) is 12.5. The van der Waals surface area contributed by atoms with Gasteiger partial charge < -0.3 is 0 Å². The zero-order chi connectivity index (χ0) is 22.3. The van der Waals surface area contributed by atoms with E-state index in [1.807, 2.05) is 25.1 Å². The minimum Gasteiger partial charge on any atom is -0.296 e. The molecule has 0 bridgehead atoms. The average Bonchev–Trinajstić information content (AvgIpc) is 3.21. The SMILES string of the molecule is CCCCNS(=O)(=O)c1cccc(C(=O)Nc2nnc(CC(C)c3ccccc3)s2)c1. The average molecular weight is 459 g/mol. The Morgan fingerprint density at radius 1 is 1.10 bits per heavy atom. The van der Waals surface area contributed by atoms with Crippen LogP contribution in [0.4, 0.5) is 5.13 Å². The second-order valence-corrected chi connectivity index (χ2v) is 10.1. The van der Waals surface area contributed by atoms with Gasteiger partial charge in [-0.3, -0.25) is 10.1 Å². The molecule has 0 saturated carbocycles. The number of hydrogen-bond acceptors (Lipinski definition) is 6. The number of sulfonamides is 1. The van der Waals surface area contributed by atoms with Crippen molar-refractivity contribution in [3.8, 4) is 0 Å². The second-order valence-electron chi connectivity index (χ2n) is 7.25. The van der Waals surface area contributed by atoms with Gasteiger partial charge in [0.25, 0.3) is 5.91 Å². The van der Waals surface area contributed by atoms with E-state index in [-0.39, 0.29) is 16.4 Å². The third-order valence-corrected chi connectivity index (χ3v) is 7.09. The molecule has 3 aromatic rings. The van der Waals surface area contributed by atoms with Crippen molar-refractivity contribution in [3.63, 3.8) is 0 Å². The maximum absolute atomic E-state index is 12.6. The zero-order valence-corrected chi connectivity index (χ0v) is 19.2. The molecule has 1 amide bonds. The Hall–Kier alpha value is -2.62. The Morgan fingerprint density at radius 3 is 2.61 bits per heavy atom. The topological polar surface area (TPSA) is 101 Å². The molecule has 1 unspecified atom stereocenters. The molecule has 9 heteroatoms. The van der Waals surface area contributed by atoms with Crippen molar-refractivity contribution in [2.45, 2.75) is 43.9 Å². The first kappa shape index (κ1) is 23.1. The summed E-state index contributed by atoms with van der Waals surface area (Å²) in [6.45, 7) is 4.47. The summed E-state index contributed by atoms with van der Waals surface area (Å²) >= 11 is 1.32. The van der Waals surface area contributed by atoms with Gasteiger partial charge in [-0.1, -0.05) is 68.0 Å². The Bertz CT molecular complexity index is 1110. The molecule has 0 aliphatic carbocycles. The van der Waals surface area contributed by atoms with Gasteiger partial charge in [0, 0.05) is 18.5 Å². The maximum Gasteiger partial charge on any atom is 0.257 e. The van der Waals surface area contributed by atoms with Crippen molar-refractivity contribution in [2.75, 3.05) is 11.9 Å². The molecule has 0 spiro atoms. The van der Waals surface area contributed by atoms with Crippen molar-refractivity contribution in [1.82, 2.24) is 14.9 Å². The van der Waals surface area contributed by atoms with Gasteiger partial charge in [0.2, 0.25) is 15.2 Å². The fourth-order valence-corrected chi connectivity index (χ4v) is 4.97. The lowest BCUT2D eigenvalue weighted by atomic mass is 9.98. The molecule has 0 aliphatic rings. The Balaban J connectivity index is 1.64. The van der Waals surface area contributed by atoms with Gasteiger partial charge in [-0.25, -0.2) is 13.1 Å². The first-order valence-electron chi connectivity index (χ1n) is 10.2. The van der Waals surface area contributed by atoms with Crippen LogP contribution in [0, 0.1) is 0 Å². The highest BCUT2D eigenvalue weighted by atomic mass is 32.2. The predicted molar refractivity (Wildman–Crippen MR) is 123 cm³/mol. The van der Waals surface area contributed by atoms with Gasteiger partial charge >= 0.3 is 0 Å². The van der Waals surface area contributed by atoms with Crippen LogP contribution in [-0.2, 0) is 16.4 Å². The van der Waals surface area contributed by atoms with E-state index in [0.29, 0.717) is 18.1 Å². The standard InChI is InChI=1S/C22H26N4O3S2/c1-3-4-13-23-31(28,29)19-12-8-11-18(15-19)21(27)24-22-26-25-20(30-22)14-16(2)17-9-6-5-7-10-17/h5-12,15-16,23H,3-4,13-14H2,1-2H3,(H,24,26,27). The van der Waals surface area contributed by atoms with Crippen LogP contribution in [0.3, 0.4) is 0 Å². The zero-order valence-electron chi connectivity index (χ0n) is 17.5. The van der Waals surface area contributed by atoms with Crippen molar-refractivity contribution >= 4 is 32.4 Å². The molecule has 3 rings (SSSR count). The number of rotatable bonds is 10. The summed E-state index contributed by atoms with van der Waals surface area (Å²) in [4.78, 5) is 12.7. The minimum atomic E-state index is -3.65. The summed E-state index contributed by atoms with van der Waals surface area (Å²) < 4.78 is 27.3. The molecule has 2 N–H and O–H groups in total. The molecule has 31 heavy (non-hydrogen) atoms. The van der Waals surface area contributed by atoms with Gasteiger partial charge in [0.05, 0.1) is 4.90 Å². The van der Waals surface area contributed by atoms with Crippen molar-refractivity contribution in [1.29, 1.82) is 0 Å². The van der Waals surface area contributed by atoms with Gasteiger partial charge in [0.1, 0.15) is 5.01 Å². The summed E-state index contributed by atoms with van der Waals surface area (Å²) in [6, 6.07) is 16.1. The van der Waals surface area contributed by atoms with E-state index in [0.717, 1.165) is 17.8 Å². The Labute approximate surface area is 187 Å². The molecule has 1 atom stereocenters. The summed E-state index contributed by atoms with van der Waals surface area (Å²) in [5.74, 6) is -0.149. The molecule has 0 saturated heterocycles. The number of aromatic nitrogens is 2. The molecule has 1 heterocycles. The van der Waals surface area contributed by atoms with E-state index >= 15 is 0 Å². The summed E-state index contributed by atoms with van der Waals surface area (Å²) in [5, 5.41) is 12.1. The van der Waals surface area contributed by atoms with Gasteiger partial charge in [-0.15, -0.1) is 10.2 Å². The van der Waals surface area contributed by atoms with Crippen LogP contribution in [0.2, 0.25) is 0 Å². The van der Waals surface area contributed by atoms with Crippen LogP contribution in [0.5, 0.6) is 0 Å². The monoisotopic (exact) mass is 458 g/mol. The fourth-order valence-electron chi connectivity index (χ4n) is 2.99. The largest absolute Gasteiger partial charge is 0.296 e. The molecule has 164 valence electrons. The van der Waals surface area contributed by atoms with Crippen molar-refractivity contribution in [2.24, 2.45) is 0 Å². The number of carbonyl (C=O) groups is 1. The Kier molecular flexibility index (Phi) is 7.89. The van der Waals surface area contributed by atoms with Gasteiger partial charge in [0.15, 0.2) is 0 Å². The highest BCUT2D eigenvalue weighted by molar-refractivity contribution is 7.89. The number of amides is 1. The lowest BCUT2D eigenvalue weighted by Gasteiger charge is -2.09. The molecular formula is C22H26N4O3S2. The van der Waals surface area contributed by atoms with E-state index in [4.69, 9.17) is 0 Å². The number of unbranched alkanes of at least 4 members (excludes halogenated alkanes) is 1. The summed E-state index contributed by atoms with van der Waals surface area (Å²) in [5.41, 5.74) is 1.46. The van der Waals surface area contributed by atoms with Gasteiger partial charge in [-0.2, -0.15) is 0 Å². The van der Waals surface area contributed by atoms with E-state index < -0.39 is 15.9 Å². The van der Waals surface area contributed by atoms with E-state index in [2.05, 4.69) is 39.3 Å². The van der Waals surface area contributed by atoms with Crippen LogP contribution >= 0.6 is 11.3 Å². The first-order chi connectivity index (χ1) is 14.9. The van der Waals surface area contributed by atoms with E-state index in [1.54, 1.807) is 12.1 Å². The number of carbonyl (C=O) groups excluding carboxylic acids is 1. The van der Waals surface area contributed by atoms with E-state index in [9.17, 15) is 13.2 Å². The van der Waals surface area contributed by atoms with Crippen molar-refractivity contribution < 1.29 is 13.2 Å². The number of benzene rings is 2. The lowest BCUT2D eigenvalue weighted by molar-refractivity contribution is 0.102. The second kappa shape index (κ2) is 10.6. The molecule has 1 aromatic heterocycles. The van der Waals surface area contributed by atoms with Gasteiger partial charge in [-0.05, 0) is 36.1 Å². The predicted octanol–water partition coefficient (Wildman–Crippen LogP) is 4.22. The minimum absolute atomic E-state index is 0.0610. The van der Waals surface area contributed by atoms with Crippen molar-refractivity contribution in [3.05, 3.63) is 70.7 Å². The molecule has 7 nitrogen and oxygen atoms in total. The molecule has 0 fully saturated rings. The fraction of sp³-hybridized carbons (Fsp3) is 0.318. The highest BCUT2D eigenvalue weighted by Crippen LogP contribution is 2.24. The van der Waals surface area contributed by atoms with Crippen LogP contribution in [0.25, 0.3) is 0 Å². The Morgan fingerprint density at radius 2 is 1.87 bits per heavy atom. The number of nitrogens with one attached hydrogen (secondary N) is 2. The lowest BCUT2D eigenvalue weighted by Crippen LogP contribution is -2.25. The first-order valence-corrected chi connectivity index (χ1v) is 12.5. The third kappa shape index (κ3) is 6.43. The van der Waals surface area contributed by atoms with Crippen LogP contribution < -0.4 is 10.0 Å². The molecular weight excluding hydrogens is 432 g/mol. The number of anilines is 1. The van der Waals surface area contributed by atoms with Crippen LogP contribution in [0.1, 0.15) is 53.5 Å². The smallest absolute Gasteiger partial charge is 0.257 e. The number of nitrogens with zero attached hydrogens (tertiary/aromatic N) is 2. The highest BCUT2D eigenvalue weighted by Gasteiger charge is 2.17. The number of hydrogen-bond donors (Lipinski definition) is 2. The quantitative estimate of drug-likeness (QED) is 0.443. The third-order valence-electron chi connectivity index (χ3n) is 4.77.